The monoisotopic (exact) mass is 460 g/mol. The lowest BCUT2D eigenvalue weighted by Crippen LogP contribution is -2.47. The first-order chi connectivity index (χ1) is 15.1. The normalized spacial score (nSPS) is 15.7. The molecule has 0 heterocycles. The zero-order chi connectivity index (χ0) is 22.1. The van der Waals surface area contributed by atoms with Crippen LogP contribution in [0.1, 0.15) is 55.7 Å². The maximum Gasteiger partial charge on any atom is 0.247 e. The maximum absolute atomic E-state index is 13.5. The number of alkyl halides is 1. The predicted molar refractivity (Wildman–Crippen MR) is 126 cm³/mol. The summed E-state index contributed by atoms with van der Waals surface area (Å²) < 4.78 is 0. The Morgan fingerprint density at radius 1 is 0.968 bits per heavy atom. The molecule has 1 aliphatic carbocycles. The molecule has 0 bridgehead atoms. The van der Waals surface area contributed by atoms with Gasteiger partial charge >= 0.3 is 0 Å². The van der Waals surface area contributed by atoms with Crippen LogP contribution in [0.4, 0.5) is 0 Å². The fourth-order valence-corrected chi connectivity index (χ4v) is 4.47. The zero-order valence-electron chi connectivity index (χ0n) is 17.7. The van der Waals surface area contributed by atoms with E-state index in [1.807, 2.05) is 42.5 Å². The second-order valence-corrected chi connectivity index (χ2v) is 8.81. The maximum atomic E-state index is 13.5. The number of halogens is 2. The Morgan fingerprint density at radius 2 is 1.61 bits per heavy atom. The molecule has 0 saturated heterocycles. The zero-order valence-corrected chi connectivity index (χ0v) is 19.2. The Bertz CT molecular complexity index is 834. The van der Waals surface area contributed by atoms with Crippen LogP contribution >= 0.6 is 23.2 Å². The highest BCUT2D eigenvalue weighted by Gasteiger charge is 2.32. The average Bonchev–Trinajstić information content (AvgIpc) is 3.06. The summed E-state index contributed by atoms with van der Waals surface area (Å²) in [4.78, 5) is 28.0. The van der Waals surface area contributed by atoms with Crippen LogP contribution in [-0.2, 0) is 16.0 Å². The first-order valence-electron chi connectivity index (χ1n) is 11.0. The molecular weight excluding hydrogens is 431 g/mol. The van der Waals surface area contributed by atoms with Crippen LogP contribution < -0.4 is 5.32 Å². The summed E-state index contributed by atoms with van der Waals surface area (Å²) in [6.45, 7) is 0.404. The molecule has 2 amide bonds. The number of benzene rings is 2. The van der Waals surface area contributed by atoms with Gasteiger partial charge in [-0.05, 0) is 42.5 Å². The second-order valence-electron chi connectivity index (χ2n) is 8.11. The van der Waals surface area contributed by atoms with Crippen molar-refractivity contribution in [3.63, 3.8) is 0 Å². The van der Waals surface area contributed by atoms with Crippen molar-refractivity contribution in [2.24, 2.45) is 0 Å². The molecule has 6 heteroatoms. The summed E-state index contributed by atoms with van der Waals surface area (Å²) in [6.07, 6.45) is 7.26. The molecule has 166 valence electrons. The van der Waals surface area contributed by atoms with Crippen LogP contribution in [0, 0.1) is 0 Å². The van der Waals surface area contributed by atoms with Crippen molar-refractivity contribution in [2.45, 2.75) is 57.0 Å². The van der Waals surface area contributed by atoms with Gasteiger partial charge in [-0.15, -0.1) is 11.6 Å². The Morgan fingerprint density at radius 3 is 2.23 bits per heavy atom. The fourth-order valence-electron chi connectivity index (χ4n) is 4.19. The molecule has 2 aromatic carbocycles. The van der Waals surface area contributed by atoms with Crippen molar-refractivity contribution < 1.29 is 9.59 Å². The van der Waals surface area contributed by atoms with Gasteiger partial charge in [0, 0.05) is 17.6 Å². The number of hydrogen-bond donors (Lipinski definition) is 1. The van der Waals surface area contributed by atoms with Crippen LogP contribution in [-0.4, -0.2) is 35.2 Å². The molecule has 1 atom stereocenters. The van der Waals surface area contributed by atoms with Crippen molar-refractivity contribution in [1.82, 2.24) is 10.2 Å². The summed E-state index contributed by atoms with van der Waals surface area (Å²) >= 11 is 12.0. The highest BCUT2D eigenvalue weighted by atomic mass is 35.5. The quantitative estimate of drug-likeness (QED) is 0.415. The summed E-state index contributed by atoms with van der Waals surface area (Å²) in [5.41, 5.74) is 1.84. The van der Waals surface area contributed by atoms with E-state index < -0.39 is 6.04 Å². The molecule has 1 unspecified atom stereocenters. The van der Waals surface area contributed by atoms with Crippen molar-refractivity contribution in [3.05, 3.63) is 70.7 Å². The Balaban J connectivity index is 1.85. The van der Waals surface area contributed by atoms with Gasteiger partial charge in [0.1, 0.15) is 11.9 Å². The van der Waals surface area contributed by atoms with Gasteiger partial charge in [0.2, 0.25) is 11.8 Å². The van der Waals surface area contributed by atoms with E-state index in [-0.39, 0.29) is 23.7 Å². The third kappa shape index (κ3) is 6.98. The van der Waals surface area contributed by atoms with Gasteiger partial charge in [0.05, 0.1) is 0 Å². The molecular formula is C25H30Cl2N2O2. The molecule has 3 rings (SSSR count). The van der Waals surface area contributed by atoms with Gasteiger partial charge in [-0.2, -0.15) is 0 Å². The van der Waals surface area contributed by atoms with Crippen LogP contribution in [0.25, 0.3) is 0 Å². The Hall–Kier alpha value is -2.04. The van der Waals surface area contributed by atoms with E-state index in [9.17, 15) is 9.59 Å². The first kappa shape index (κ1) is 23.6. The third-order valence-corrected chi connectivity index (χ3v) is 6.35. The molecule has 0 aliphatic heterocycles. The lowest BCUT2D eigenvalue weighted by Gasteiger charge is -2.32. The van der Waals surface area contributed by atoms with Crippen LogP contribution in [0.15, 0.2) is 54.6 Å². The second kappa shape index (κ2) is 12.1. The standard InChI is InChI=1S/C25H30Cl2N2O2/c26-18-23(30)29(17-16-19-8-4-3-5-9-19)24(20-12-14-21(27)15-13-20)25(31)28-22-10-6-1-2-7-11-22/h3-5,8-9,12-15,22,24H,1-2,6-7,10-11,16-18H2,(H,28,31). The molecule has 0 radical (unpaired) electrons. The third-order valence-electron chi connectivity index (χ3n) is 5.87. The van der Waals surface area contributed by atoms with Crippen LogP contribution in [0.3, 0.4) is 0 Å². The van der Waals surface area contributed by atoms with E-state index in [1.165, 1.54) is 12.8 Å². The van der Waals surface area contributed by atoms with Crippen molar-refractivity contribution in [2.75, 3.05) is 12.4 Å². The first-order valence-corrected chi connectivity index (χ1v) is 11.9. The number of carbonyl (C=O) groups excluding carboxylic acids is 2. The molecule has 1 fully saturated rings. The topological polar surface area (TPSA) is 49.4 Å². The number of nitrogens with one attached hydrogen (secondary N) is 1. The molecule has 1 N–H and O–H groups in total. The van der Waals surface area contributed by atoms with Gasteiger partial charge < -0.3 is 10.2 Å². The van der Waals surface area contributed by atoms with E-state index >= 15 is 0 Å². The molecule has 0 aromatic heterocycles. The predicted octanol–water partition coefficient (Wildman–Crippen LogP) is 5.53. The minimum atomic E-state index is -0.740. The summed E-state index contributed by atoms with van der Waals surface area (Å²) in [5.74, 6) is -0.579. The Labute approximate surface area is 194 Å². The van der Waals surface area contributed by atoms with Gasteiger partial charge in [-0.1, -0.05) is 79.7 Å². The van der Waals surface area contributed by atoms with E-state index in [0.717, 1.165) is 36.8 Å². The molecule has 1 aliphatic rings. The minimum Gasteiger partial charge on any atom is -0.351 e. The molecule has 0 spiro atoms. The fraction of sp³-hybridized carbons (Fsp3) is 0.440. The van der Waals surface area contributed by atoms with Crippen molar-refractivity contribution in [1.29, 1.82) is 0 Å². The number of hydrogen-bond acceptors (Lipinski definition) is 2. The molecule has 1 saturated carbocycles. The van der Waals surface area contributed by atoms with E-state index in [1.54, 1.807) is 17.0 Å². The van der Waals surface area contributed by atoms with Crippen LogP contribution in [0.2, 0.25) is 5.02 Å². The van der Waals surface area contributed by atoms with E-state index in [4.69, 9.17) is 23.2 Å². The van der Waals surface area contributed by atoms with Gasteiger partial charge in [0.25, 0.3) is 0 Å². The summed E-state index contributed by atoms with van der Waals surface area (Å²) in [6, 6.07) is 16.5. The summed E-state index contributed by atoms with van der Waals surface area (Å²) in [5, 5.41) is 3.81. The van der Waals surface area contributed by atoms with Gasteiger partial charge in [-0.25, -0.2) is 0 Å². The summed E-state index contributed by atoms with van der Waals surface area (Å²) in [7, 11) is 0. The molecule has 2 aromatic rings. The highest BCUT2D eigenvalue weighted by Crippen LogP contribution is 2.26. The van der Waals surface area contributed by atoms with Crippen molar-refractivity contribution >= 4 is 35.0 Å². The number of amides is 2. The largest absolute Gasteiger partial charge is 0.351 e. The van der Waals surface area contributed by atoms with Crippen LogP contribution in [0.5, 0.6) is 0 Å². The highest BCUT2D eigenvalue weighted by molar-refractivity contribution is 6.30. The van der Waals surface area contributed by atoms with Gasteiger partial charge in [-0.3, -0.25) is 9.59 Å². The number of rotatable bonds is 8. The molecule has 31 heavy (non-hydrogen) atoms. The van der Waals surface area contributed by atoms with Gasteiger partial charge in [0.15, 0.2) is 0 Å². The lowest BCUT2D eigenvalue weighted by atomic mass is 10.0. The molecule has 4 nitrogen and oxygen atoms in total. The van der Waals surface area contributed by atoms with E-state index in [0.29, 0.717) is 18.0 Å². The van der Waals surface area contributed by atoms with Crippen molar-refractivity contribution in [3.8, 4) is 0 Å². The SMILES string of the molecule is O=C(NC1CCCCCC1)C(c1ccc(Cl)cc1)N(CCc1ccccc1)C(=O)CCl. The minimum absolute atomic E-state index is 0.145. The number of carbonyl (C=O) groups is 2. The lowest BCUT2D eigenvalue weighted by molar-refractivity contribution is -0.139. The smallest absolute Gasteiger partial charge is 0.247 e. The Kier molecular flexibility index (Phi) is 9.23. The number of nitrogens with zero attached hydrogens (tertiary/aromatic N) is 1. The van der Waals surface area contributed by atoms with E-state index in [2.05, 4.69) is 5.32 Å². The average molecular weight is 461 g/mol.